The van der Waals surface area contributed by atoms with Gasteiger partial charge in [0.15, 0.2) is 25.0 Å². The molecule has 0 spiro atoms. The lowest BCUT2D eigenvalue weighted by molar-refractivity contribution is -0.348. The lowest BCUT2D eigenvalue weighted by Gasteiger charge is -2.48. The van der Waals surface area contributed by atoms with Crippen LogP contribution in [0.1, 0.15) is 139 Å². The van der Waals surface area contributed by atoms with Gasteiger partial charge in [-0.1, -0.05) is 97.9 Å². The van der Waals surface area contributed by atoms with Crippen LogP contribution in [-0.2, 0) is 100.0 Å². The third kappa shape index (κ3) is 22.6. The van der Waals surface area contributed by atoms with E-state index in [4.69, 9.17) is 37.9 Å². The van der Waals surface area contributed by atoms with Crippen molar-refractivity contribution < 1.29 is 119 Å². The van der Waals surface area contributed by atoms with Gasteiger partial charge in [0.1, 0.15) is 123 Å². The normalized spacial score (nSPS) is 30.3. The summed E-state index contributed by atoms with van der Waals surface area (Å²) in [6.07, 6.45) is -6.63. The van der Waals surface area contributed by atoms with E-state index in [0.29, 0.717) is 37.7 Å². The zero-order valence-corrected chi connectivity index (χ0v) is 56.7. The number of rotatable bonds is 43. The number of amides is 2. The van der Waals surface area contributed by atoms with Crippen molar-refractivity contribution in [2.75, 3.05) is 39.6 Å². The second-order valence-electron chi connectivity index (χ2n) is 26.0. The summed E-state index contributed by atoms with van der Waals surface area (Å²) in [5, 5.41) is 179. The van der Waals surface area contributed by atoms with Crippen LogP contribution in [0.2, 0.25) is 0 Å². The van der Waals surface area contributed by atoms with Crippen molar-refractivity contribution >= 4 is 11.8 Å². The number of hydrogen-bond donors (Lipinski definition) is 14. The number of ether oxygens (including phenoxy) is 8. The fraction of sp³-hybridized carbons (Fsp3) is 0.839. The molecule has 8 heterocycles. The number of carbonyl (C=O) groups excluding carboxylic acids is 2. The molecule has 4 aliphatic heterocycles. The predicted molar refractivity (Wildman–Crippen MR) is 339 cm³/mol. The molecule has 0 aliphatic carbocycles. The SMILES string of the molecule is CC(=O)N(Cc1cn(CCCCCCCCCCc2cn(COCCOCn3cc(CCCCCCCCCCn4cc(CN(C(C)=O)[C@@H]5O[C@H](CO)[C@@H](O[C@@H]6O[C@H](CO)[C@H](O)[C@H](O)[C@H]6O)[C@H](O)[C@H]5O)nn4)nn3)nn2)nn1)[C@@H]1O[C@H](CO)[C@@H](O[C@@H]2O[C@H](CO)[C@H](O)[C@H](O)[C@H]2O)[C@H](O)[C@H]1O. The van der Waals surface area contributed by atoms with Crippen LogP contribution in [0.3, 0.4) is 0 Å². The minimum Gasteiger partial charge on any atom is -0.394 e. The van der Waals surface area contributed by atoms with Gasteiger partial charge >= 0.3 is 0 Å². The summed E-state index contributed by atoms with van der Waals surface area (Å²) in [6.45, 7) is 1.75. The molecule has 0 saturated carbocycles. The minimum atomic E-state index is -1.81. The van der Waals surface area contributed by atoms with Gasteiger partial charge in [0.25, 0.3) is 0 Å². The molecule has 4 aromatic rings. The Kier molecular flexibility index (Phi) is 32.6. The molecule has 100 heavy (non-hydrogen) atoms. The van der Waals surface area contributed by atoms with Crippen molar-refractivity contribution in [2.45, 2.75) is 292 Å². The first kappa shape index (κ1) is 80.3. The molecule has 0 radical (unpaired) electrons. The molecule has 0 unspecified atom stereocenters. The molecule has 0 bridgehead atoms. The third-order valence-electron chi connectivity index (χ3n) is 18.3. The number of unbranched alkanes of at least 4 members (excludes halogenated alkanes) is 14. The van der Waals surface area contributed by atoms with Gasteiger partial charge in [-0.2, -0.15) is 0 Å². The maximum atomic E-state index is 12.8. The second-order valence-corrected chi connectivity index (χ2v) is 26.0. The summed E-state index contributed by atoms with van der Waals surface area (Å²) >= 11 is 0. The van der Waals surface area contributed by atoms with Crippen LogP contribution in [0.4, 0.5) is 0 Å². The van der Waals surface area contributed by atoms with E-state index in [1.807, 2.05) is 12.4 Å². The van der Waals surface area contributed by atoms with Crippen molar-refractivity contribution in [2.24, 2.45) is 0 Å². The smallest absolute Gasteiger partial charge is 0.221 e. The highest BCUT2D eigenvalue weighted by Crippen LogP contribution is 2.33. The Labute approximate surface area is 577 Å². The molecule has 8 rings (SSSR count). The number of hydrogen-bond acceptors (Lipinski definition) is 32. The highest BCUT2D eigenvalue weighted by Gasteiger charge is 2.54. The average molecular weight is 1430 g/mol. The molecule has 38 nitrogen and oxygen atoms in total. The summed E-state index contributed by atoms with van der Waals surface area (Å²) in [4.78, 5) is 28.0. The molecule has 0 aromatic carbocycles. The quantitative estimate of drug-likeness (QED) is 0.0185. The van der Waals surface area contributed by atoms with Crippen LogP contribution in [-0.4, -0.2) is 315 Å². The fourth-order valence-corrected chi connectivity index (χ4v) is 12.6. The lowest BCUT2D eigenvalue weighted by Crippen LogP contribution is -2.66. The van der Waals surface area contributed by atoms with E-state index in [1.54, 1.807) is 31.1 Å². The number of nitrogens with zero attached hydrogens (tertiary/aromatic N) is 14. The summed E-state index contributed by atoms with van der Waals surface area (Å²) in [5.41, 5.74) is 2.62. The van der Waals surface area contributed by atoms with Gasteiger partial charge in [-0.05, 0) is 38.5 Å². The molecule has 566 valence electrons. The molecular weight excluding hydrogens is 1320 g/mol. The highest BCUT2D eigenvalue weighted by atomic mass is 16.7. The monoisotopic (exact) mass is 1430 g/mol. The zero-order valence-electron chi connectivity index (χ0n) is 56.7. The van der Waals surface area contributed by atoms with Crippen molar-refractivity contribution in [3.05, 3.63) is 47.6 Å². The predicted octanol–water partition coefficient (Wildman–Crippen LogP) is -4.63. The van der Waals surface area contributed by atoms with E-state index in [9.17, 15) is 81.1 Å². The first-order valence-corrected chi connectivity index (χ1v) is 34.7. The molecule has 14 N–H and O–H groups in total. The van der Waals surface area contributed by atoms with Crippen LogP contribution in [0.25, 0.3) is 0 Å². The van der Waals surface area contributed by atoms with Crippen LogP contribution in [0, 0.1) is 0 Å². The first-order valence-electron chi connectivity index (χ1n) is 34.7. The Hall–Kier alpha value is -5.38. The summed E-state index contributed by atoms with van der Waals surface area (Å²) in [7, 11) is 0. The molecular formula is C62H104N14O24. The number of aryl methyl sites for hydroxylation is 4. The minimum absolute atomic E-state index is 0.137. The molecule has 4 fully saturated rings. The van der Waals surface area contributed by atoms with Crippen molar-refractivity contribution in [1.29, 1.82) is 0 Å². The Bertz CT molecular complexity index is 2790. The van der Waals surface area contributed by atoms with Crippen LogP contribution in [0.15, 0.2) is 24.8 Å². The summed E-state index contributed by atoms with van der Waals surface area (Å²) < 4.78 is 52.0. The molecule has 20 atom stereocenters. The van der Waals surface area contributed by atoms with Gasteiger partial charge in [-0.25, -0.2) is 9.36 Å². The van der Waals surface area contributed by atoms with Gasteiger partial charge in [-0.3, -0.25) is 19.0 Å². The Morgan fingerprint density at radius 3 is 1.06 bits per heavy atom. The highest BCUT2D eigenvalue weighted by molar-refractivity contribution is 5.74. The standard InChI is InChI=1S/C62H104N14O24/c1-37(81)75(59-53(89)51(87)57(45(33-79)95-59)99-61-55(91)49(85)47(83)43(31-77)97-61)29-41-27-71(67-65-41)21-17-13-9-5-3-7-11-15-19-39-25-73(69-63-39)35-93-23-24-94-36-74-26-40(64-70-74)20-16-12-8-4-6-10-14-18-22-72-28-42(66-68-72)30-76(38(2)82)60-54(90)52(88)58(46(34-80)96-60)100-62-56(92)50(86)48(84)44(32-78)98-62/h25-28,43-62,77-80,83-92H,3-24,29-36H2,1-2H3/t43-,44-,45-,46-,47+,48+,49+,50+,51-,52-,53-,54-,55-,56-,57-,58-,59-,60-,61+,62+/m1/s1. The van der Waals surface area contributed by atoms with E-state index in [1.165, 1.54) is 13.8 Å². The molecule has 4 aromatic heterocycles. The van der Waals surface area contributed by atoms with Crippen LogP contribution >= 0.6 is 0 Å². The Balaban J connectivity index is 0.592. The van der Waals surface area contributed by atoms with E-state index in [2.05, 4.69) is 41.2 Å². The third-order valence-corrected chi connectivity index (χ3v) is 18.3. The summed E-state index contributed by atoms with van der Waals surface area (Å²) in [6, 6.07) is 0. The second kappa shape index (κ2) is 40.6. The van der Waals surface area contributed by atoms with Crippen molar-refractivity contribution in [3.8, 4) is 0 Å². The maximum Gasteiger partial charge on any atom is 0.221 e. The number of aliphatic hydroxyl groups excluding tert-OH is 14. The molecule has 4 aliphatic rings. The van der Waals surface area contributed by atoms with Crippen LogP contribution < -0.4 is 0 Å². The van der Waals surface area contributed by atoms with Crippen molar-refractivity contribution in [1.82, 2.24) is 69.8 Å². The van der Waals surface area contributed by atoms with Crippen molar-refractivity contribution in [3.63, 3.8) is 0 Å². The van der Waals surface area contributed by atoms with Gasteiger partial charge < -0.3 is 119 Å². The van der Waals surface area contributed by atoms with E-state index in [-0.39, 0.29) is 26.6 Å². The zero-order chi connectivity index (χ0) is 71.8. The largest absolute Gasteiger partial charge is 0.394 e. The first-order chi connectivity index (χ1) is 48.2. The topological polar surface area (TPSA) is 521 Å². The van der Waals surface area contributed by atoms with Crippen LogP contribution in [0.5, 0.6) is 0 Å². The molecule has 38 heteroatoms. The summed E-state index contributed by atoms with van der Waals surface area (Å²) in [5.74, 6) is -1.05. The fourth-order valence-electron chi connectivity index (χ4n) is 12.6. The van der Waals surface area contributed by atoms with Gasteiger partial charge in [0, 0.05) is 26.9 Å². The number of aromatic nitrogens is 12. The van der Waals surface area contributed by atoms with E-state index < -0.39 is 161 Å². The Morgan fingerprint density at radius 2 is 0.710 bits per heavy atom. The molecule has 4 saturated heterocycles. The van der Waals surface area contributed by atoms with Gasteiger partial charge in [0.2, 0.25) is 11.8 Å². The van der Waals surface area contributed by atoms with Gasteiger partial charge in [-0.15, -0.1) is 20.4 Å². The molecule has 2 amide bonds. The number of aliphatic hydroxyl groups is 14. The van der Waals surface area contributed by atoms with Gasteiger partial charge in [0.05, 0.1) is 88.9 Å². The van der Waals surface area contributed by atoms with E-state index in [0.717, 1.165) is 137 Å². The maximum absolute atomic E-state index is 12.8. The average Bonchev–Trinajstić information content (AvgIpc) is 0.915. The lowest BCUT2D eigenvalue weighted by atomic mass is 9.96. The number of carbonyl (C=O) groups is 2. The van der Waals surface area contributed by atoms with E-state index >= 15 is 0 Å². The Morgan fingerprint density at radius 1 is 0.390 bits per heavy atom.